The maximum atomic E-state index is 14.5. The second-order valence-electron chi connectivity index (χ2n) is 20.6. The monoisotopic (exact) mass is 926 g/mol. The van der Waals surface area contributed by atoms with E-state index in [0.29, 0.717) is 29.6 Å². The number of nitrogens with one attached hydrogen (secondary N) is 2. The van der Waals surface area contributed by atoms with Gasteiger partial charge in [0.15, 0.2) is 22.1 Å². The minimum atomic E-state index is -0.523. The summed E-state index contributed by atoms with van der Waals surface area (Å²) in [5.74, 6) is 1.93. The Kier molecular flexibility index (Phi) is 13.1. The van der Waals surface area contributed by atoms with E-state index in [1.165, 1.54) is 6.42 Å². The number of unbranched alkanes of at least 4 members (excludes halogenated alkanes) is 1. The number of aryl methyl sites for hydroxylation is 1. The zero-order chi connectivity index (χ0) is 47.0. The van der Waals surface area contributed by atoms with E-state index in [9.17, 15) is 4.79 Å². The molecular formula is C52H66N10O4S. The number of rotatable bonds is 19. The predicted octanol–water partition coefficient (Wildman–Crippen LogP) is 9.33. The second-order valence-corrected chi connectivity index (χ2v) is 21.7. The Morgan fingerprint density at radius 3 is 2.40 bits per heavy atom. The highest BCUT2D eigenvalue weighted by Crippen LogP contribution is 2.72. The molecular weight excluding hydrogens is 861 g/mol. The largest absolute Gasteiger partial charge is 0.497 e. The molecule has 0 radical (unpaired) electrons. The molecule has 4 saturated carbocycles. The number of para-hydroxylation sites is 1. The number of carbonyl (C=O) groups is 1. The summed E-state index contributed by atoms with van der Waals surface area (Å²) in [6.45, 7) is 13.1. The molecule has 0 aliphatic heterocycles. The van der Waals surface area contributed by atoms with Gasteiger partial charge >= 0.3 is 5.97 Å². The van der Waals surface area contributed by atoms with Gasteiger partial charge in [-0.25, -0.2) is 9.78 Å². The van der Waals surface area contributed by atoms with E-state index in [2.05, 4.69) is 65.9 Å². The highest BCUT2D eigenvalue weighted by molar-refractivity contribution is 7.16. The van der Waals surface area contributed by atoms with Crippen LogP contribution in [0.3, 0.4) is 0 Å². The molecule has 15 heteroatoms. The highest BCUT2D eigenvalue weighted by Gasteiger charge is 2.66. The average molecular weight is 927 g/mol. The number of anilines is 2. The average Bonchev–Trinajstić information content (AvgIpc) is 3.86. The van der Waals surface area contributed by atoms with Crippen LogP contribution in [0.15, 0.2) is 77.9 Å². The third kappa shape index (κ3) is 10.1. The van der Waals surface area contributed by atoms with Crippen LogP contribution in [-0.4, -0.2) is 101 Å². The van der Waals surface area contributed by atoms with Crippen molar-refractivity contribution in [3.8, 4) is 16.9 Å². The third-order valence-corrected chi connectivity index (χ3v) is 15.1. The number of methoxy groups -OCH3 is 1. The summed E-state index contributed by atoms with van der Waals surface area (Å²) in [6.07, 6.45) is 10.5. The number of esters is 1. The van der Waals surface area contributed by atoms with Crippen LogP contribution in [-0.2, 0) is 22.6 Å². The summed E-state index contributed by atoms with van der Waals surface area (Å²) in [5.41, 5.74) is 5.85. The summed E-state index contributed by atoms with van der Waals surface area (Å²) in [4.78, 5) is 32.9. The Bertz CT molecular complexity index is 2740. The quantitative estimate of drug-likeness (QED) is 0.0592. The molecule has 4 heterocycles. The summed E-state index contributed by atoms with van der Waals surface area (Å²) >= 11 is 1.57. The van der Waals surface area contributed by atoms with Crippen LogP contribution in [0.25, 0.3) is 21.3 Å². The lowest BCUT2D eigenvalue weighted by Crippen LogP contribution is -2.64. The molecule has 14 nitrogen and oxygen atoms in total. The van der Waals surface area contributed by atoms with E-state index >= 15 is 0 Å². The van der Waals surface area contributed by atoms with Crippen molar-refractivity contribution in [2.45, 2.75) is 97.8 Å². The molecule has 4 fully saturated rings. The SMILES string of the molecule is CNCCCCN(c1cc(C)c(/N=c2/[nH]c3ccccc3s2)nn1)c1ccc(-c2cnn(CC34CC5(C)CC(C)(C3)CC(OCCN(C)C)(C5)C4)c2C)c(C(=O)OCc2ccc(OC)cc2)n1. The zero-order valence-electron chi connectivity index (χ0n) is 40.4. The number of H-pyrrole nitrogens is 1. The van der Waals surface area contributed by atoms with Crippen LogP contribution in [0.4, 0.5) is 17.5 Å². The standard InChI is InChI=1S/C52H66N10O4S/c1-35-25-44(58-59-46(35)57-48-55-41-13-9-10-14-42(41)67-48)61(22-12-11-21-53-5)43-20-19-39(45(56-43)47(63)65-27-37-15-17-38(64-8)18-16-37)40-26-54-62(36(40)2)34-51-29-49(3)28-50(4,30-51)32-52(31-49,33-51)66-24-23-60(6)7/h9-10,13-20,25-26,53H,11-12,21-24,27-34H2,1-8H3,(H,55,57,59). The molecule has 354 valence electrons. The van der Waals surface area contributed by atoms with Crippen LogP contribution >= 0.6 is 11.3 Å². The van der Waals surface area contributed by atoms with Gasteiger partial charge in [0.25, 0.3) is 0 Å². The lowest BCUT2D eigenvalue weighted by molar-refractivity contribution is -0.248. The van der Waals surface area contributed by atoms with Crippen molar-refractivity contribution in [2.24, 2.45) is 21.2 Å². The fourth-order valence-electron chi connectivity index (χ4n) is 12.4. The van der Waals surface area contributed by atoms with Crippen LogP contribution in [0.1, 0.15) is 92.5 Å². The molecule has 67 heavy (non-hydrogen) atoms. The number of thiazole rings is 1. The Labute approximate surface area is 398 Å². The van der Waals surface area contributed by atoms with Gasteiger partial charge < -0.3 is 34.3 Å². The number of nitrogens with zero attached hydrogens (tertiary/aromatic N) is 8. The first kappa shape index (κ1) is 46.6. The number of aromatic amines is 1. The summed E-state index contributed by atoms with van der Waals surface area (Å²) in [7, 11) is 7.82. The molecule has 4 bridgehead atoms. The van der Waals surface area contributed by atoms with Gasteiger partial charge in [-0.15, -0.1) is 10.2 Å². The van der Waals surface area contributed by atoms with E-state index in [1.54, 1.807) is 18.4 Å². The highest BCUT2D eigenvalue weighted by atomic mass is 32.1. The molecule has 2 unspecified atom stereocenters. The van der Waals surface area contributed by atoms with Crippen LogP contribution in [0, 0.1) is 30.1 Å². The first-order valence-electron chi connectivity index (χ1n) is 23.7. The number of pyridine rings is 1. The first-order valence-corrected chi connectivity index (χ1v) is 24.5. The molecule has 4 aliphatic carbocycles. The number of hydrogen-bond donors (Lipinski definition) is 2. The van der Waals surface area contributed by atoms with Crippen LogP contribution in [0.2, 0.25) is 0 Å². The maximum Gasteiger partial charge on any atom is 0.358 e. The molecule has 0 amide bonds. The van der Waals surface area contributed by atoms with Crippen LogP contribution < -0.4 is 19.8 Å². The minimum absolute atomic E-state index is 0.0541. The number of hydrogen-bond acceptors (Lipinski definition) is 13. The third-order valence-electron chi connectivity index (χ3n) is 14.2. The van der Waals surface area contributed by atoms with Gasteiger partial charge in [-0.3, -0.25) is 4.68 Å². The zero-order valence-corrected chi connectivity index (χ0v) is 41.3. The molecule has 10 rings (SSSR count). The minimum Gasteiger partial charge on any atom is -0.497 e. The number of carbonyl (C=O) groups excluding carboxylic acids is 1. The van der Waals surface area contributed by atoms with Gasteiger partial charge in [0.2, 0.25) is 0 Å². The Morgan fingerprint density at radius 2 is 1.69 bits per heavy atom. The molecule has 4 aliphatic rings. The number of ether oxygens (including phenoxy) is 3. The topological polar surface area (TPSA) is 148 Å². The lowest BCUT2D eigenvalue weighted by Gasteiger charge is -2.69. The Balaban J connectivity index is 1.05. The summed E-state index contributed by atoms with van der Waals surface area (Å²) in [5, 5.41) is 17.7. The summed E-state index contributed by atoms with van der Waals surface area (Å²) < 4.78 is 21.7. The van der Waals surface area contributed by atoms with Crippen molar-refractivity contribution < 1.29 is 19.0 Å². The number of aromatic nitrogens is 6. The number of likely N-dealkylation sites (N-methyl/N-ethyl adjacent to an activating group) is 1. The van der Waals surface area contributed by atoms with Crippen molar-refractivity contribution in [1.82, 2.24) is 40.2 Å². The van der Waals surface area contributed by atoms with E-state index in [1.807, 2.05) is 85.7 Å². The molecule has 0 spiro atoms. The van der Waals surface area contributed by atoms with Gasteiger partial charge in [-0.05, 0) is 163 Å². The van der Waals surface area contributed by atoms with Gasteiger partial charge in [0.05, 0.1) is 35.7 Å². The van der Waals surface area contributed by atoms with Crippen LogP contribution in [0.5, 0.6) is 5.75 Å². The van der Waals surface area contributed by atoms with Gasteiger partial charge in [-0.2, -0.15) is 10.1 Å². The Morgan fingerprint density at radius 1 is 0.910 bits per heavy atom. The molecule has 2 atom stereocenters. The van der Waals surface area contributed by atoms with Crippen molar-refractivity contribution in [3.05, 3.63) is 100 Å². The van der Waals surface area contributed by atoms with Crippen molar-refractivity contribution in [3.63, 3.8) is 0 Å². The normalized spacial score (nSPS) is 23.4. The predicted molar refractivity (Wildman–Crippen MR) is 264 cm³/mol. The van der Waals surface area contributed by atoms with Gasteiger partial charge in [-0.1, -0.05) is 49.4 Å². The Hall–Kier alpha value is -5.48. The van der Waals surface area contributed by atoms with E-state index in [0.717, 1.165) is 114 Å². The summed E-state index contributed by atoms with van der Waals surface area (Å²) in [6, 6.07) is 21.6. The molecule has 0 saturated heterocycles. The van der Waals surface area contributed by atoms with E-state index < -0.39 is 5.97 Å². The number of fused-ring (bicyclic) bond motifs is 1. The van der Waals surface area contributed by atoms with Gasteiger partial charge in [0.1, 0.15) is 18.2 Å². The second kappa shape index (κ2) is 18.9. The van der Waals surface area contributed by atoms with E-state index in [4.69, 9.17) is 34.4 Å². The fourth-order valence-corrected chi connectivity index (χ4v) is 13.2. The van der Waals surface area contributed by atoms with Crippen molar-refractivity contribution >= 4 is 45.0 Å². The number of benzene rings is 2. The first-order chi connectivity index (χ1) is 32.2. The van der Waals surface area contributed by atoms with Crippen molar-refractivity contribution in [1.29, 1.82) is 0 Å². The lowest BCUT2D eigenvalue weighted by atomic mass is 9.39. The smallest absolute Gasteiger partial charge is 0.358 e. The molecule has 2 N–H and O–H groups in total. The van der Waals surface area contributed by atoms with Crippen molar-refractivity contribution in [2.75, 3.05) is 59.4 Å². The van der Waals surface area contributed by atoms with E-state index in [-0.39, 0.29) is 34.1 Å². The maximum absolute atomic E-state index is 14.5. The van der Waals surface area contributed by atoms with Gasteiger partial charge in [0, 0.05) is 36.5 Å². The molecule has 6 aromatic rings. The molecule has 4 aromatic heterocycles. The molecule has 2 aromatic carbocycles. The fraction of sp³-hybridized carbons (Fsp3) is 0.500.